The molecule has 0 spiro atoms. The molecule has 0 unspecified atom stereocenters. The molecule has 1 atom stereocenters. The van der Waals surface area contributed by atoms with Gasteiger partial charge in [0.1, 0.15) is 5.82 Å². The van der Waals surface area contributed by atoms with E-state index < -0.39 is 0 Å². The van der Waals surface area contributed by atoms with Crippen molar-refractivity contribution in [1.82, 2.24) is 0 Å². The summed E-state index contributed by atoms with van der Waals surface area (Å²) >= 11 is 3.13. The van der Waals surface area contributed by atoms with Gasteiger partial charge in [0.15, 0.2) is 0 Å². The SMILES string of the molecule is CC[C@H](C)c1ccc(Br)c(F)c1. The van der Waals surface area contributed by atoms with Crippen molar-refractivity contribution in [2.24, 2.45) is 0 Å². The normalized spacial score (nSPS) is 13.0. The van der Waals surface area contributed by atoms with Crippen LogP contribution in [-0.2, 0) is 0 Å². The lowest BCUT2D eigenvalue weighted by atomic mass is 9.99. The first-order valence-electron chi connectivity index (χ1n) is 4.10. The van der Waals surface area contributed by atoms with Crippen LogP contribution in [0.5, 0.6) is 0 Å². The van der Waals surface area contributed by atoms with Crippen LogP contribution >= 0.6 is 15.9 Å². The van der Waals surface area contributed by atoms with E-state index in [9.17, 15) is 4.39 Å². The highest BCUT2D eigenvalue weighted by atomic mass is 79.9. The van der Waals surface area contributed by atoms with E-state index in [1.54, 1.807) is 12.1 Å². The van der Waals surface area contributed by atoms with Gasteiger partial charge in [0.2, 0.25) is 0 Å². The van der Waals surface area contributed by atoms with E-state index in [0.29, 0.717) is 10.4 Å². The van der Waals surface area contributed by atoms with Crippen molar-refractivity contribution in [2.75, 3.05) is 0 Å². The molecule has 66 valence electrons. The summed E-state index contributed by atoms with van der Waals surface area (Å²) in [5.74, 6) is 0.264. The Kier molecular flexibility index (Phi) is 3.27. The zero-order valence-electron chi connectivity index (χ0n) is 7.27. The van der Waals surface area contributed by atoms with Crippen molar-refractivity contribution in [3.05, 3.63) is 34.1 Å². The molecule has 0 nitrogen and oxygen atoms in total. The van der Waals surface area contributed by atoms with Crippen LogP contribution < -0.4 is 0 Å². The van der Waals surface area contributed by atoms with Gasteiger partial charge in [-0.3, -0.25) is 0 Å². The highest BCUT2D eigenvalue weighted by Crippen LogP contribution is 2.23. The third-order valence-electron chi connectivity index (χ3n) is 2.13. The van der Waals surface area contributed by atoms with Gasteiger partial charge in [-0.2, -0.15) is 0 Å². The molecule has 0 aliphatic heterocycles. The summed E-state index contributed by atoms with van der Waals surface area (Å²) in [6.07, 6.45) is 1.04. The summed E-state index contributed by atoms with van der Waals surface area (Å²) in [7, 11) is 0. The molecule has 0 amide bonds. The average Bonchev–Trinajstić information content (AvgIpc) is 2.08. The number of benzene rings is 1. The van der Waals surface area contributed by atoms with Crippen molar-refractivity contribution in [1.29, 1.82) is 0 Å². The summed E-state index contributed by atoms with van der Waals surface area (Å²) in [6, 6.07) is 5.32. The first-order chi connectivity index (χ1) is 5.65. The van der Waals surface area contributed by atoms with Gasteiger partial charge in [-0.05, 0) is 46.0 Å². The second-order valence-corrected chi connectivity index (χ2v) is 3.84. The zero-order valence-corrected chi connectivity index (χ0v) is 8.86. The van der Waals surface area contributed by atoms with Crippen molar-refractivity contribution >= 4 is 15.9 Å². The van der Waals surface area contributed by atoms with Gasteiger partial charge < -0.3 is 0 Å². The van der Waals surface area contributed by atoms with Crippen LogP contribution in [-0.4, -0.2) is 0 Å². The fourth-order valence-electron chi connectivity index (χ4n) is 1.05. The average molecular weight is 231 g/mol. The molecule has 1 rings (SSSR count). The molecular weight excluding hydrogens is 219 g/mol. The summed E-state index contributed by atoms with van der Waals surface area (Å²) < 4.78 is 13.6. The molecule has 1 aromatic carbocycles. The molecule has 0 fully saturated rings. The maximum atomic E-state index is 13.0. The van der Waals surface area contributed by atoms with E-state index in [1.165, 1.54) is 0 Å². The first kappa shape index (κ1) is 9.72. The van der Waals surface area contributed by atoms with Crippen LogP contribution in [0.25, 0.3) is 0 Å². The molecule has 1 aromatic rings. The van der Waals surface area contributed by atoms with E-state index in [2.05, 4.69) is 29.8 Å². The van der Waals surface area contributed by atoms with Gasteiger partial charge in [-0.25, -0.2) is 4.39 Å². The van der Waals surface area contributed by atoms with E-state index in [0.717, 1.165) is 12.0 Å². The lowest BCUT2D eigenvalue weighted by Gasteiger charge is -2.08. The molecule has 12 heavy (non-hydrogen) atoms. The number of hydrogen-bond acceptors (Lipinski definition) is 0. The Bertz CT molecular complexity index is 271. The van der Waals surface area contributed by atoms with Gasteiger partial charge >= 0.3 is 0 Å². The summed E-state index contributed by atoms with van der Waals surface area (Å²) in [4.78, 5) is 0. The van der Waals surface area contributed by atoms with Gasteiger partial charge in [0.05, 0.1) is 4.47 Å². The van der Waals surface area contributed by atoms with Crippen molar-refractivity contribution in [3.8, 4) is 0 Å². The molecule has 2 heteroatoms. The highest BCUT2D eigenvalue weighted by molar-refractivity contribution is 9.10. The van der Waals surface area contributed by atoms with Crippen LogP contribution in [0, 0.1) is 5.82 Å². The largest absolute Gasteiger partial charge is 0.206 e. The fourth-order valence-corrected chi connectivity index (χ4v) is 1.30. The predicted octanol–water partition coefficient (Wildman–Crippen LogP) is 4.10. The smallest absolute Gasteiger partial charge is 0.137 e. The Morgan fingerprint density at radius 3 is 2.67 bits per heavy atom. The predicted molar refractivity (Wildman–Crippen MR) is 52.8 cm³/mol. The Morgan fingerprint density at radius 1 is 1.50 bits per heavy atom. The van der Waals surface area contributed by atoms with Crippen molar-refractivity contribution < 1.29 is 4.39 Å². The molecular formula is C10H12BrF. The first-order valence-corrected chi connectivity index (χ1v) is 4.89. The number of halogens is 2. The molecule has 0 N–H and O–H groups in total. The molecule has 0 saturated carbocycles. The minimum Gasteiger partial charge on any atom is -0.206 e. The van der Waals surface area contributed by atoms with E-state index in [4.69, 9.17) is 0 Å². The lowest BCUT2D eigenvalue weighted by molar-refractivity contribution is 0.613. The summed E-state index contributed by atoms with van der Waals surface area (Å²) in [5, 5.41) is 0. The molecule has 0 aromatic heterocycles. The Morgan fingerprint density at radius 2 is 2.17 bits per heavy atom. The van der Waals surface area contributed by atoms with Gasteiger partial charge in [-0.15, -0.1) is 0 Å². The molecule has 0 aliphatic rings. The van der Waals surface area contributed by atoms with E-state index in [-0.39, 0.29) is 5.82 Å². The topological polar surface area (TPSA) is 0 Å². The molecule has 0 aliphatic carbocycles. The standard InChI is InChI=1S/C10H12BrF/c1-3-7(2)8-4-5-9(11)10(12)6-8/h4-7H,3H2,1-2H3/t7-/m0/s1. The monoisotopic (exact) mass is 230 g/mol. The summed E-state index contributed by atoms with van der Waals surface area (Å²) in [6.45, 7) is 4.20. The Balaban J connectivity index is 2.96. The van der Waals surface area contributed by atoms with Gasteiger partial charge in [-0.1, -0.05) is 19.9 Å². The third-order valence-corrected chi connectivity index (χ3v) is 2.77. The van der Waals surface area contributed by atoms with Crippen LogP contribution in [0.15, 0.2) is 22.7 Å². The van der Waals surface area contributed by atoms with Crippen molar-refractivity contribution in [3.63, 3.8) is 0 Å². The second kappa shape index (κ2) is 4.04. The molecule has 0 heterocycles. The zero-order chi connectivity index (χ0) is 9.14. The van der Waals surface area contributed by atoms with Crippen molar-refractivity contribution in [2.45, 2.75) is 26.2 Å². The van der Waals surface area contributed by atoms with Crippen LogP contribution in [0.4, 0.5) is 4.39 Å². The maximum absolute atomic E-state index is 13.0. The van der Waals surface area contributed by atoms with Crippen LogP contribution in [0.1, 0.15) is 31.7 Å². The Hall–Kier alpha value is -0.370. The highest BCUT2D eigenvalue weighted by Gasteiger charge is 2.05. The second-order valence-electron chi connectivity index (χ2n) is 2.98. The van der Waals surface area contributed by atoms with E-state index >= 15 is 0 Å². The molecule has 0 radical (unpaired) electrons. The van der Waals surface area contributed by atoms with Crippen LogP contribution in [0.3, 0.4) is 0 Å². The minimum absolute atomic E-state index is 0.173. The third kappa shape index (κ3) is 2.07. The minimum atomic E-state index is -0.173. The fraction of sp³-hybridized carbons (Fsp3) is 0.400. The summed E-state index contributed by atoms with van der Waals surface area (Å²) in [5.41, 5.74) is 1.07. The molecule has 0 bridgehead atoms. The van der Waals surface area contributed by atoms with Gasteiger partial charge in [0.25, 0.3) is 0 Å². The Labute approximate surface area is 80.9 Å². The van der Waals surface area contributed by atoms with Crippen LogP contribution in [0.2, 0.25) is 0 Å². The lowest BCUT2D eigenvalue weighted by Crippen LogP contribution is -1.92. The number of rotatable bonds is 2. The van der Waals surface area contributed by atoms with E-state index in [1.807, 2.05) is 6.07 Å². The van der Waals surface area contributed by atoms with Gasteiger partial charge in [0, 0.05) is 0 Å². The maximum Gasteiger partial charge on any atom is 0.137 e. The number of hydrogen-bond donors (Lipinski definition) is 0. The molecule has 0 saturated heterocycles. The quantitative estimate of drug-likeness (QED) is 0.718.